The molecule has 1 aliphatic carbocycles. The first-order valence-electron chi connectivity index (χ1n) is 7.18. The highest BCUT2D eigenvalue weighted by molar-refractivity contribution is 5.76. The van der Waals surface area contributed by atoms with Gasteiger partial charge in [0.25, 0.3) is 5.56 Å². The number of aromatic amines is 1. The summed E-state index contributed by atoms with van der Waals surface area (Å²) in [5, 5.41) is 2.64. The Morgan fingerprint density at radius 3 is 2.81 bits per heavy atom. The number of H-pyrrole nitrogens is 1. The Bertz CT molecular complexity index is 637. The van der Waals surface area contributed by atoms with Crippen molar-refractivity contribution >= 4 is 6.03 Å². The summed E-state index contributed by atoms with van der Waals surface area (Å²) in [6, 6.07) is -0.721. The summed E-state index contributed by atoms with van der Waals surface area (Å²) >= 11 is 0. The van der Waals surface area contributed by atoms with Crippen molar-refractivity contribution in [2.24, 2.45) is 17.8 Å². The number of hydrogen-bond acceptors (Lipinski definition) is 3. The van der Waals surface area contributed by atoms with Gasteiger partial charge in [-0.25, -0.2) is 14.2 Å². The molecule has 1 heterocycles. The number of nitrogens with zero attached hydrogens (tertiary/aromatic N) is 1. The van der Waals surface area contributed by atoms with Crippen LogP contribution in [0.25, 0.3) is 0 Å². The predicted octanol–water partition coefficient (Wildman–Crippen LogP) is 1.31. The molecule has 0 aliphatic heterocycles. The van der Waals surface area contributed by atoms with Crippen LogP contribution in [0.4, 0.5) is 9.18 Å². The van der Waals surface area contributed by atoms with Crippen LogP contribution in [0.15, 0.2) is 15.8 Å². The van der Waals surface area contributed by atoms with Gasteiger partial charge in [-0.1, -0.05) is 20.3 Å². The molecule has 6 nitrogen and oxygen atoms in total. The van der Waals surface area contributed by atoms with Crippen LogP contribution in [0.3, 0.4) is 0 Å². The summed E-state index contributed by atoms with van der Waals surface area (Å²) in [7, 11) is 0. The van der Waals surface area contributed by atoms with Crippen LogP contribution in [0, 0.1) is 23.6 Å². The Balaban J connectivity index is 2.01. The molecule has 0 spiro atoms. The first kappa shape index (κ1) is 15.5. The molecule has 1 amide bonds. The van der Waals surface area contributed by atoms with Crippen molar-refractivity contribution in [3.63, 3.8) is 0 Å². The van der Waals surface area contributed by atoms with E-state index in [4.69, 9.17) is 0 Å². The Hall–Kier alpha value is -1.92. The van der Waals surface area contributed by atoms with Gasteiger partial charge >= 0.3 is 11.7 Å². The molecule has 0 aromatic carbocycles. The third-order valence-electron chi connectivity index (χ3n) is 4.24. The number of nitrogens with one attached hydrogen (secondary N) is 2. The van der Waals surface area contributed by atoms with Crippen molar-refractivity contribution < 1.29 is 9.18 Å². The minimum absolute atomic E-state index is 0.355. The predicted molar refractivity (Wildman–Crippen MR) is 75.7 cm³/mol. The highest BCUT2D eigenvalue weighted by Gasteiger charge is 2.25. The van der Waals surface area contributed by atoms with E-state index in [0.717, 1.165) is 19.3 Å². The van der Waals surface area contributed by atoms with Crippen molar-refractivity contribution in [1.29, 1.82) is 0 Å². The lowest BCUT2D eigenvalue weighted by Gasteiger charge is -2.32. The largest absolute Gasteiger partial charge is 0.337 e. The lowest BCUT2D eigenvalue weighted by Crippen LogP contribution is -2.43. The number of hydrogen-bond donors (Lipinski definition) is 2. The summed E-state index contributed by atoms with van der Waals surface area (Å²) in [4.78, 5) is 36.1. The van der Waals surface area contributed by atoms with Crippen molar-refractivity contribution in [2.75, 3.05) is 6.54 Å². The van der Waals surface area contributed by atoms with Gasteiger partial charge in [-0.3, -0.25) is 9.78 Å². The zero-order valence-electron chi connectivity index (χ0n) is 12.2. The monoisotopic (exact) mass is 297 g/mol. The zero-order valence-corrected chi connectivity index (χ0v) is 12.2. The van der Waals surface area contributed by atoms with Gasteiger partial charge in [-0.15, -0.1) is 0 Å². The van der Waals surface area contributed by atoms with E-state index in [1.165, 1.54) is 0 Å². The normalized spacial score (nSPS) is 25.6. The molecular weight excluding hydrogens is 277 g/mol. The molecule has 2 N–H and O–H groups in total. The van der Waals surface area contributed by atoms with Crippen LogP contribution in [0.2, 0.25) is 0 Å². The Kier molecular flexibility index (Phi) is 4.59. The van der Waals surface area contributed by atoms with Gasteiger partial charge < -0.3 is 5.32 Å². The quantitative estimate of drug-likeness (QED) is 0.863. The fraction of sp³-hybridized carbons (Fsp3) is 0.643. The molecule has 7 heteroatoms. The third kappa shape index (κ3) is 3.59. The maximum absolute atomic E-state index is 13.1. The molecule has 116 valence electrons. The van der Waals surface area contributed by atoms with Crippen molar-refractivity contribution in [1.82, 2.24) is 14.9 Å². The molecule has 1 aromatic rings. The highest BCUT2D eigenvalue weighted by Crippen LogP contribution is 2.32. The Morgan fingerprint density at radius 1 is 1.43 bits per heavy atom. The fourth-order valence-corrected chi connectivity index (χ4v) is 2.93. The molecule has 2 rings (SSSR count). The summed E-state index contributed by atoms with van der Waals surface area (Å²) in [6.07, 6.45) is 3.88. The topological polar surface area (TPSA) is 84.0 Å². The van der Waals surface area contributed by atoms with E-state index in [0.29, 0.717) is 35.1 Å². The van der Waals surface area contributed by atoms with Crippen molar-refractivity contribution in [3.05, 3.63) is 32.9 Å². The van der Waals surface area contributed by atoms with Gasteiger partial charge in [0, 0.05) is 6.54 Å². The molecule has 0 saturated heterocycles. The van der Waals surface area contributed by atoms with Gasteiger partial charge in [0.05, 0.1) is 6.20 Å². The Labute approximate surface area is 121 Å². The van der Waals surface area contributed by atoms with Gasteiger partial charge in [-0.05, 0) is 30.6 Å². The van der Waals surface area contributed by atoms with Crippen LogP contribution in [0.1, 0.15) is 33.1 Å². The van der Waals surface area contributed by atoms with Crippen molar-refractivity contribution in [3.8, 4) is 0 Å². The van der Waals surface area contributed by atoms with E-state index >= 15 is 0 Å². The minimum atomic E-state index is -1.16. The molecule has 1 saturated carbocycles. The van der Waals surface area contributed by atoms with Crippen LogP contribution < -0.4 is 16.6 Å². The summed E-state index contributed by atoms with van der Waals surface area (Å²) in [5.74, 6) is 0.388. The first-order valence-corrected chi connectivity index (χ1v) is 7.18. The number of rotatable bonds is 2. The SMILES string of the molecule is CC1CCC(CNC(=O)n2cc(F)c(=O)[nH]c2=O)C(C)C1. The van der Waals surface area contributed by atoms with E-state index < -0.39 is 23.1 Å². The average molecular weight is 297 g/mol. The molecule has 21 heavy (non-hydrogen) atoms. The van der Waals surface area contributed by atoms with Gasteiger partial charge in [0.15, 0.2) is 0 Å². The molecule has 3 atom stereocenters. The standard InChI is InChI=1S/C14H20FN3O3/c1-8-3-4-10(9(2)5-8)6-16-13(20)18-7-11(15)12(19)17-14(18)21/h7-10H,3-6H2,1-2H3,(H,16,20)(H,17,19,21). The van der Waals surface area contributed by atoms with E-state index in [9.17, 15) is 18.8 Å². The average Bonchev–Trinajstić information content (AvgIpc) is 2.41. The maximum Gasteiger partial charge on any atom is 0.336 e. The van der Waals surface area contributed by atoms with Gasteiger partial charge in [-0.2, -0.15) is 4.39 Å². The number of amides is 1. The van der Waals surface area contributed by atoms with Crippen LogP contribution in [-0.4, -0.2) is 22.1 Å². The zero-order chi connectivity index (χ0) is 15.6. The molecule has 0 radical (unpaired) electrons. The Morgan fingerprint density at radius 2 is 2.14 bits per heavy atom. The number of halogens is 1. The fourth-order valence-electron chi connectivity index (χ4n) is 2.93. The van der Waals surface area contributed by atoms with E-state index in [-0.39, 0.29) is 0 Å². The van der Waals surface area contributed by atoms with Gasteiger partial charge in [0.1, 0.15) is 0 Å². The van der Waals surface area contributed by atoms with E-state index in [1.807, 2.05) is 0 Å². The second-order valence-electron chi connectivity index (χ2n) is 5.95. The van der Waals surface area contributed by atoms with Gasteiger partial charge in [0.2, 0.25) is 5.82 Å². The number of carbonyl (C=O) groups excluding carboxylic acids is 1. The molecular formula is C14H20FN3O3. The maximum atomic E-state index is 13.1. The van der Waals surface area contributed by atoms with Crippen molar-refractivity contribution in [2.45, 2.75) is 33.1 Å². The second-order valence-corrected chi connectivity index (χ2v) is 5.95. The van der Waals surface area contributed by atoms with E-state index in [1.54, 1.807) is 4.98 Å². The lowest BCUT2D eigenvalue weighted by molar-refractivity contribution is 0.196. The summed E-state index contributed by atoms with van der Waals surface area (Å²) in [5.41, 5.74) is -2.07. The smallest absolute Gasteiger partial charge is 0.336 e. The molecule has 1 aromatic heterocycles. The molecule has 1 fully saturated rings. The third-order valence-corrected chi connectivity index (χ3v) is 4.24. The summed E-state index contributed by atoms with van der Waals surface area (Å²) in [6.45, 7) is 4.81. The molecule has 0 bridgehead atoms. The minimum Gasteiger partial charge on any atom is -0.337 e. The molecule has 1 aliphatic rings. The highest BCUT2D eigenvalue weighted by atomic mass is 19.1. The van der Waals surface area contributed by atoms with Crippen LogP contribution in [-0.2, 0) is 0 Å². The van der Waals surface area contributed by atoms with Crippen LogP contribution in [0.5, 0.6) is 0 Å². The first-order chi connectivity index (χ1) is 9.88. The summed E-state index contributed by atoms with van der Waals surface area (Å²) < 4.78 is 13.7. The second kappa shape index (κ2) is 6.24. The van der Waals surface area contributed by atoms with E-state index in [2.05, 4.69) is 19.2 Å². The molecule has 3 unspecified atom stereocenters. The lowest BCUT2D eigenvalue weighted by atomic mass is 9.75. The number of carbonyl (C=O) groups is 1. The number of aromatic nitrogens is 2. The van der Waals surface area contributed by atoms with Crippen LogP contribution >= 0.6 is 0 Å².